The third-order valence-electron chi connectivity index (χ3n) is 2.16. The Labute approximate surface area is 140 Å². The molecule has 0 aliphatic rings. The van der Waals surface area contributed by atoms with E-state index >= 15 is 0 Å². The van der Waals surface area contributed by atoms with Crippen LogP contribution in [0.25, 0.3) is 6.08 Å². The Morgan fingerprint density at radius 3 is 2.41 bits per heavy atom. The largest absolute Gasteiger partial charge is 0.506 e. The monoisotopic (exact) mass is 570 g/mol. The molecule has 0 atom stereocenters. The molecular formula is C11H9I3O3. The normalized spacial score (nSPS) is 11.6. The highest BCUT2D eigenvalue weighted by molar-refractivity contribution is 14.1. The van der Waals surface area contributed by atoms with Gasteiger partial charge in [-0.3, -0.25) is 0 Å². The SMILES string of the molecule is CC/C(=C\c1c(I)cc(I)c(O)c1I)C(=O)O. The number of aromatic hydroxyl groups is 1. The van der Waals surface area contributed by atoms with Gasteiger partial charge in [-0.1, -0.05) is 6.92 Å². The van der Waals surface area contributed by atoms with Gasteiger partial charge in [0, 0.05) is 14.7 Å². The second kappa shape index (κ2) is 6.55. The van der Waals surface area contributed by atoms with E-state index in [4.69, 9.17) is 5.11 Å². The number of phenolic OH excluding ortho intramolecular Hbond substituents is 1. The Morgan fingerprint density at radius 1 is 1.35 bits per heavy atom. The highest BCUT2D eigenvalue weighted by Crippen LogP contribution is 2.33. The van der Waals surface area contributed by atoms with Gasteiger partial charge in [-0.2, -0.15) is 0 Å². The summed E-state index contributed by atoms with van der Waals surface area (Å²) in [4.78, 5) is 11.0. The maximum atomic E-state index is 11.0. The first-order valence-corrected chi connectivity index (χ1v) is 7.92. The lowest BCUT2D eigenvalue weighted by Crippen LogP contribution is -2.00. The molecule has 17 heavy (non-hydrogen) atoms. The minimum absolute atomic E-state index is 0.207. The lowest BCUT2D eigenvalue weighted by Gasteiger charge is -2.08. The molecule has 6 heteroatoms. The molecule has 0 bridgehead atoms. The molecule has 2 N–H and O–H groups in total. The summed E-state index contributed by atoms with van der Waals surface area (Å²) >= 11 is 6.23. The van der Waals surface area contributed by atoms with Crippen molar-refractivity contribution in [3.05, 3.63) is 27.9 Å². The molecule has 0 aliphatic heterocycles. The summed E-state index contributed by atoms with van der Waals surface area (Å²) in [7, 11) is 0. The summed E-state index contributed by atoms with van der Waals surface area (Å²) in [5.74, 6) is -0.712. The molecule has 0 saturated carbocycles. The third-order valence-corrected chi connectivity index (χ3v) is 4.96. The standard InChI is InChI=1S/C11H9I3O3/c1-2-5(11(16)17)3-6-7(12)4-8(13)10(15)9(6)14/h3-4,15H,2H2,1H3,(H,16,17)/b5-3+. The Hall–Kier alpha value is 0.420. The number of hydrogen-bond donors (Lipinski definition) is 2. The van der Waals surface area contributed by atoms with Crippen molar-refractivity contribution >= 4 is 79.8 Å². The summed E-state index contributed by atoms with van der Waals surface area (Å²) in [5, 5.41) is 18.8. The Balaban J connectivity index is 3.42. The zero-order valence-electron chi connectivity index (χ0n) is 8.80. The number of phenols is 1. The molecule has 1 aromatic rings. The molecule has 1 rings (SSSR count). The van der Waals surface area contributed by atoms with Gasteiger partial charge in [-0.15, -0.1) is 0 Å². The van der Waals surface area contributed by atoms with E-state index in [0.717, 1.165) is 12.7 Å². The molecular weight excluding hydrogens is 561 g/mol. The van der Waals surface area contributed by atoms with Gasteiger partial charge >= 0.3 is 5.97 Å². The zero-order chi connectivity index (χ0) is 13.2. The van der Waals surface area contributed by atoms with Crippen molar-refractivity contribution in [1.29, 1.82) is 0 Å². The Kier molecular flexibility index (Phi) is 5.96. The van der Waals surface area contributed by atoms with Crippen LogP contribution in [0.3, 0.4) is 0 Å². The van der Waals surface area contributed by atoms with E-state index in [2.05, 4.69) is 45.2 Å². The van der Waals surface area contributed by atoms with Crippen molar-refractivity contribution < 1.29 is 15.0 Å². The van der Waals surface area contributed by atoms with E-state index in [1.54, 1.807) is 13.0 Å². The summed E-state index contributed by atoms with van der Waals surface area (Å²) < 4.78 is 2.38. The minimum Gasteiger partial charge on any atom is -0.506 e. The third kappa shape index (κ3) is 3.69. The predicted molar refractivity (Wildman–Crippen MR) is 92.2 cm³/mol. The lowest BCUT2D eigenvalue weighted by molar-refractivity contribution is -0.132. The quantitative estimate of drug-likeness (QED) is 0.426. The molecule has 0 unspecified atom stereocenters. The van der Waals surface area contributed by atoms with Crippen LogP contribution in [0.1, 0.15) is 18.9 Å². The number of rotatable bonds is 3. The zero-order valence-corrected chi connectivity index (χ0v) is 15.3. The van der Waals surface area contributed by atoms with Gasteiger partial charge in [-0.25, -0.2) is 4.79 Å². The number of halogens is 3. The van der Waals surface area contributed by atoms with Crippen molar-refractivity contribution in [3.63, 3.8) is 0 Å². The van der Waals surface area contributed by atoms with E-state index < -0.39 is 5.97 Å². The second-order valence-corrected chi connectivity index (χ2v) is 6.65. The van der Waals surface area contributed by atoms with Crippen LogP contribution < -0.4 is 0 Å². The lowest BCUT2D eigenvalue weighted by atomic mass is 10.1. The van der Waals surface area contributed by atoms with Crippen molar-refractivity contribution in [3.8, 4) is 5.75 Å². The van der Waals surface area contributed by atoms with Crippen LogP contribution in [-0.2, 0) is 4.79 Å². The van der Waals surface area contributed by atoms with Crippen molar-refractivity contribution in [2.45, 2.75) is 13.3 Å². The van der Waals surface area contributed by atoms with E-state index in [1.807, 2.05) is 28.7 Å². The highest BCUT2D eigenvalue weighted by atomic mass is 127. The van der Waals surface area contributed by atoms with Gasteiger partial charge in [0.15, 0.2) is 0 Å². The summed E-state index contributed by atoms with van der Waals surface area (Å²) in [6.45, 7) is 1.80. The first-order valence-electron chi connectivity index (χ1n) is 4.68. The van der Waals surface area contributed by atoms with Crippen LogP contribution in [0.2, 0.25) is 0 Å². The van der Waals surface area contributed by atoms with Crippen molar-refractivity contribution in [1.82, 2.24) is 0 Å². The molecule has 0 fully saturated rings. The molecule has 0 aromatic heterocycles. The van der Waals surface area contributed by atoms with Gasteiger partial charge in [-0.05, 0) is 86.3 Å². The number of benzene rings is 1. The maximum absolute atomic E-state index is 11.0. The van der Waals surface area contributed by atoms with E-state index in [1.165, 1.54) is 0 Å². The van der Waals surface area contributed by atoms with Gasteiger partial charge in [0.25, 0.3) is 0 Å². The summed E-state index contributed by atoms with van der Waals surface area (Å²) in [5.41, 5.74) is 1.10. The topological polar surface area (TPSA) is 57.5 Å². The number of carboxylic acids is 1. The average molecular weight is 570 g/mol. The van der Waals surface area contributed by atoms with Crippen LogP contribution in [0.5, 0.6) is 5.75 Å². The summed E-state index contributed by atoms with van der Waals surface area (Å²) in [6.07, 6.45) is 2.08. The van der Waals surface area contributed by atoms with Crippen LogP contribution in [0, 0.1) is 10.7 Å². The fraction of sp³-hybridized carbons (Fsp3) is 0.182. The van der Waals surface area contributed by atoms with Crippen LogP contribution in [-0.4, -0.2) is 16.2 Å². The van der Waals surface area contributed by atoms with E-state index in [9.17, 15) is 9.90 Å². The molecule has 1 aromatic carbocycles. The first kappa shape index (κ1) is 15.5. The first-order chi connectivity index (χ1) is 7.88. The minimum atomic E-state index is -0.919. The number of aliphatic carboxylic acids is 1. The number of carbonyl (C=O) groups is 1. The number of carboxylic acid groups (broad SMARTS) is 1. The Bertz CT molecular complexity index is 495. The number of hydrogen-bond acceptors (Lipinski definition) is 2. The Morgan fingerprint density at radius 2 is 1.94 bits per heavy atom. The fourth-order valence-corrected chi connectivity index (χ4v) is 4.90. The summed E-state index contributed by atoms with van der Waals surface area (Å²) in [6, 6.07) is 1.83. The highest BCUT2D eigenvalue weighted by Gasteiger charge is 2.14. The molecule has 0 saturated heterocycles. The van der Waals surface area contributed by atoms with Crippen LogP contribution in [0.4, 0.5) is 0 Å². The van der Waals surface area contributed by atoms with Crippen LogP contribution in [0.15, 0.2) is 11.6 Å². The van der Waals surface area contributed by atoms with Gasteiger partial charge in [0.05, 0.1) is 7.14 Å². The van der Waals surface area contributed by atoms with E-state index in [-0.39, 0.29) is 5.75 Å². The smallest absolute Gasteiger partial charge is 0.331 e. The van der Waals surface area contributed by atoms with Gasteiger partial charge in [0.1, 0.15) is 5.75 Å². The predicted octanol–water partition coefficient (Wildman–Crippen LogP) is 4.08. The van der Waals surface area contributed by atoms with Gasteiger partial charge < -0.3 is 10.2 Å². The maximum Gasteiger partial charge on any atom is 0.331 e. The molecule has 0 aliphatic carbocycles. The molecule has 0 heterocycles. The molecule has 3 nitrogen and oxygen atoms in total. The van der Waals surface area contributed by atoms with Crippen molar-refractivity contribution in [2.24, 2.45) is 0 Å². The molecule has 0 spiro atoms. The van der Waals surface area contributed by atoms with Gasteiger partial charge in [0.2, 0.25) is 0 Å². The molecule has 92 valence electrons. The van der Waals surface area contributed by atoms with Crippen molar-refractivity contribution in [2.75, 3.05) is 0 Å². The second-order valence-electron chi connectivity index (χ2n) is 3.24. The van der Waals surface area contributed by atoms with E-state index in [0.29, 0.717) is 15.6 Å². The van der Waals surface area contributed by atoms with Crippen LogP contribution >= 0.6 is 67.8 Å². The fourth-order valence-electron chi connectivity index (χ4n) is 1.22. The molecule has 0 radical (unpaired) electrons. The molecule has 0 amide bonds. The average Bonchev–Trinajstić information content (AvgIpc) is 2.26.